The van der Waals surface area contributed by atoms with E-state index in [1.807, 2.05) is 24.4 Å². The molecule has 0 radical (unpaired) electrons. The van der Waals surface area contributed by atoms with Gasteiger partial charge in [0.15, 0.2) is 0 Å². The first-order valence-electron chi connectivity index (χ1n) is 7.03. The number of aryl methyl sites for hydroxylation is 2. The van der Waals surface area contributed by atoms with Crippen molar-refractivity contribution >= 4 is 22.5 Å². The SMILES string of the molecule is Cc1cccc(C)c1Cn1cc(CO)c2ccc(Cl)cc21. The third-order valence-corrected chi connectivity index (χ3v) is 4.31. The highest BCUT2D eigenvalue weighted by Crippen LogP contribution is 2.26. The zero-order chi connectivity index (χ0) is 15.0. The standard InChI is InChI=1S/C18H18ClNO/c1-12-4-3-5-13(2)17(12)10-20-9-14(11-21)16-7-6-15(19)8-18(16)20/h3-9,21H,10-11H2,1-2H3. The van der Waals surface area contributed by atoms with Crippen LogP contribution in [0, 0.1) is 13.8 Å². The first kappa shape index (κ1) is 14.2. The molecule has 3 aromatic rings. The summed E-state index contributed by atoms with van der Waals surface area (Å²) in [6.07, 6.45) is 2.02. The lowest BCUT2D eigenvalue weighted by atomic mass is 10.0. The van der Waals surface area contributed by atoms with Gasteiger partial charge >= 0.3 is 0 Å². The second-order valence-corrected chi connectivity index (χ2v) is 5.91. The fourth-order valence-corrected chi connectivity index (χ4v) is 3.03. The van der Waals surface area contributed by atoms with E-state index in [9.17, 15) is 5.11 Å². The number of aliphatic hydroxyl groups excluding tert-OH is 1. The maximum Gasteiger partial charge on any atom is 0.0702 e. The molecule has 0 fully saturated rings. The largest absolute Gasteiger partial charge is 0.392 e. The monoisotopic (exact) mass is 299 g/mol. The molecule has 0 saturated carbocycles. The number of rotatable bonds is 3. The molecule has 2 aromatic carbocycles. The van der Waals surface area contributed by atoms with Gasteiger partial charge in [-0.05, 0) is 42.7 Å². The zero-order valence-electron chi connectivity index (χ0n) is 12.2. The highest BCUT2D eigenvalue weighted by molar-refractivity contribution is 6.31. The van der Waals surface area contributed by atoms with Crippen LogP contribution in [0.15, 0.2) is 42.6 Å². The summed E-state index contributed by atoms with van der Waals surface area (Å²) in [5, 5.41) is 11.3. The van der Waals surface area contributed by atoms with Crippen LogP contribution in [-0.4, -0.2) is 9.67 Å². The Morgan fingerprint density at radius 2 is 1.81 bits per heavy atom. The molecule has 0 aliphatic heterocycles. The molecule has 0 bridgehead atoms. The molecule has 1 aromatic heterocycles. The van der Waals surface area contributed by atoms with Gasteiger partial charge in [-0.15, -0.1) is 0 Å². The number of fused-ring (bicyclic) bond motifs is 1. The van der Waals surface area contributed by atoms with Crippen LogP contribution >= 0.6 is 11.6 Å². The lowest BCUT2D eigenvalue weighted by Crippen LogP contribution is -2.02. The number of nitrogens with zero attached hydrogens (tertiary/aromatic N) is 1. The summed E-state index contributed by atoms with van der Waals surface area (Å²) < 4.78 is 2.17. The van der Waals surface area contributed by atoms with Crippen molar-refractivity contribution in [3.05, 3.63) is 69.9 Å². The fourth-order valence-electron chi connectivity index (χ4n) is 2.87. The van der Waals surface area contributed by atoms with Gasteiger partial charge in [-0.25, -0.2) is 0 Å². The predicted molar refractivity (Wildman–Crippen MR) is 87.9 cm³/mol. The van der Waals surface area contributed by atoms with Gasteiger partial charge in [-0.2, -0.15) is 0 Å². The van der Waals surface area contributed by atoms with Gasteiger partial charge < -0.3 is 9.67 Å². The summed E-state index contributed by atoms with van der Waals surface area (Å²) in [4.78, 5) is 0. The summed E-state index contributed by atoms with van der Waals surface area (Å²) >= 11 is 6.13. The number of halogens is 1. The second-order valence-electron chi connectivity index (χ2n) is 5.47. The van der Waals surface area contributed by atoms with Crippen molar-refractivity contribution < 1.29 is 5.11 Å². The average molecular weight is 300 g/mol. The van der Waals surface area contributed by atoms with E-state index < -0.39 is 0 Å². The smallest absolute Gasteiger partial charge is 0.0702 e. The summed E-state index contributed by atoms with van der Waals surface area (Å²) in [6.45, 7) is 5.09. The minimum atomic E-state index is 0.0396. The summed E-state index contributed by atoms with van der Waals surface area (Å²) in [5.74, 6) is 0. The molecule has 1 N–H and O–H groups in total. The minimum absolute atomic E-state index is 0.0396. The first-order chi connectivity index (χ1) is 10.1. The van der Waals surface area contributed by atoms with Gasteiger partial charge in [0.05, 0.1) is 12.1 Å². The number of aromatic nitrogens is 1. The maximum absolute atomic E-state index is 9.55. The number of hydrogen-bond acceptors (Lipinski definition) is 1. The summed E-state index contributed by atoms with van der Waals surface area (Å²) in [7, 11) is 0. The molecule has 3 rings (SSSR count). The Hall–Kier alpha value is -1.77. The molecular weight excluding hydrogens is 282 g/mol. The van der Waals surface area contributed by atoms with E-state index in [0.717, 1.165) is 23.0 Å². The van der Waals surface area contributed by atoms with Crippen molar-refractivity contribution in [1.82, 2.24) is 4.57 Å². The van der Waals surface area contributed by atoms with E-state index in [4.69, 9.17) is 11.6 Å². The van der Waals surface area contributed by atoms with Crippen LogP contribution in [0.5, 0.6) is 0 Å². The molecule has 0 unspecified atom stereocenters. The Kier molecular flexibility index (Phi) is 3.75. The molecular formula is C18H18ClNO. The van der Waals surface area contributed by atoms with E-state index in [2.05, 4.69) is 36.6 Å². The highest BCUT2D eigenvalue weighted by Gasteiger charge is 2.10. The number of hydrogen-bond donors (Lipinski definition) is 1. The molecule has 2 nitrogen and oxygen atoms in total. The molecule has 0 aliphatic carbocycles. The molecule has 0 aliphatic rings. The van der Waals surface area contributed by atoms with E-state index in [0.29, 0.717) is 5.02 Å². The maximum atomic E-state index is 9.55. The highest BCUT2D eigenvalue weighted by atomic mass is 35.5. The third-order valence-electron chi connectivity index (χ3n) is 4.07. The molecule has 0 saturated heterocycles. The minimum Gasteiger partial charge on any atom is -0.392 e. The van der Waals surface area contributed by atoms with Gasteiger partial charge in [0, 0.05) is 28.7 Å². The van der Waals surface area contributed by atoms with Crippen molar-refractivity contribution in [3.8, 4) is 0 Å². The van der Waals surface area contributed by atoms with Gasteiger partial charge in [0.25, 0.3) is 0 Å². The topological polar surface area (TPSA) is 25.2 Å². The molecule has 0 spiro atoms. The van der Waals surface area contributed by atoms with E-state index >= 15 is 0 Å². The molecule has 108 valence electrons. The van der Waals surface area contributed by atoms with E-state index in [1.54, 1.807) is 0 Å². The van der Waals surface area contributed by atoms with Crippen LogP contribution < -0.4 is 0 Å². The van der Waals surface area contributed by atoms with Crippen LogP contribution in [-0.2, 0) is 13.2 Å². The normalized spacial score (nSPS) is 11.2. The molecule has 1 heterocycles. The van der Waals surface area contributed by atoms with Crippen molar-refractivity contribution in [2.24, 2.45) is 0 Å². The van der Waals surface area contributed by atoms with Crippen LogP contribution in [0.3, 0.4) is 0 Å². The van der Waals surface area contributed by atoms with E-state index in [1.165, 1.54) is 16.7 Å². The second kappa shape index (κ2) is 5.55. The summed E-state index contributed by atoms with van der Waals surface area (Å²) in [6, 6.07) is 12.2. The van der Waals surface area contributed by atoms with Crippen LogP contribution in [0.25, 0.3) is 10.9 Å². The Balaban J connectivity index is 2.14. The van der Waals surface area contributed by atoms with Crippen LogP contribution in [0.2, 0.25) is 5.02 Å². The first-order valence-corrected chi connectivity index (χ1v) is 7.41. The Labute approximate surface area is 129 Å². The Morgan fingerprint density at radius 3 is 2.48 bits per heavy atom. The van der Waals surface area contributed by atoms with Gasteiger partial charge in [-0.1, -0.05) is 35.9 Å². The molecule has 0 atom stereocenters. The lowest BCUT2D eigenvalue weighted by molar-refractivity contribution is 0.283. The number of benzene rings is 2. The van der Waals surface area contributed by atoms with Crippen LogP contribution in [0.1, 0.15) is 22.3 Å². The van der Waals surface area contributed by atoms with Gasteiger partial charge in [0.1, 0.15) is 0 Å². The lowest BCUT2D eigenvalue weighted by Gasteiger charge is -2.12. The predicted octanol–water partition coefficient (Wildman–Crippen LogP) is 4.45. The van der Waals surface area contributed by atoms with E-state index in [-0.39, 0.29) is 6.61 Å². The van der Waals surface area contributed by atoms with Crippen molar-refractivity contribution in [2.45, 2.75) is 27.0 Å². The third kappa shape index (κ3) is 2.57. The number of aliphatic hydroxyl groups is 1. The van der Waals surface area contributed by atoms with Crippen molar-refractivity contribution in [2.75, 3.05) is 0 Å². The molecule has 3 heteroatoms. The Bertz CT molecular complexity index is 784. The summed E-state index contributed by atoms with van der Waals surface area (Å²) in [5.41, 5.74) is 5.88. The quantitative estimate of drug-likeness (QED) is 0.759. The van der Waals surface area contributed by atoms with Crippen LogP contribution in [0.4, 0.5) is 0 Å². The Morgan fingerprint density at radius 1 is 1.10 bits per heavy atom. The molecule has 21 heavy (non-hydrogen) atoms. The fraction of sp³-hybridized carbons (Fsp3) is 0.222. The van der Waals surface area contributed by atoms with Crippen molar-refractivity contribution in [3.63, 3.8) is 0 Å². The van der Waals surface area contributed by atoms with Gasteiger partial charge in [-0.3, -0.25) is 0 Å². The van der Waals surface area contributed by atoms with Crippen molar-refractivity contribution in [1.29, 1.82) is 0 Å². The molecule has 0 amide bonds. The van der Waals surface area contributed by atoms with Gasteiger partial charge in [0.2, 0.25) is 0 Å². The average Bonchev–Trinajstić information content (AvgIpc) is 2.80. The zero-order valence-corrected chi connectivity index (χ0v) is 13.0.